The Bertz CT molecular complexity index is 42.7. The lowest BCUT2D eigenvalue weighted by Crippen LogP contribution is -2.17. The highest BCUT2D eigenvalue weighted by Gasteiger charge is 2.14. The first-order chi connectivity index (χ1) is 2.56. The molecule has 46 valence electrons. The van der Waals surface area contributed by atoms with Crippen LogP contribution in [0.3, 0.4) is 0 Å². The molecule has 0 rings (SSSR count). The van der Waals surface area contributed by atoms with Gasteiger partial charge in [0.05, 0.1) is 0 Å². The fourth-order valence-corrected chi connectivity index (χ4v) is 0. The third-order valence-electron chi connectivity index (χ3n) is 0.231. The zero-order valence-electron chi connectivity index (χ0n) is 3.42. The maximum atomic E-state index is 5.12. The van der Waals surface area contributed by atoms with Crippen LogP contribution in [0.2, 0.25) is 0 Å². The highest BCUT2D eigenvalue weighted by Crippen LogP contribution is 2.23. The molecule has 2 nitrogen and oxygen atoms in total. The van der Waals surface area contributed by atoms with Crippen LogP contribution >= 0.6 is 34.8 Å². The SMILES string of the molecule is NCC(Cl)(Cl)Cl.O. The molecular weight excluding hydrogens is 160 g/mol. The van der Waals surface area contributed by atoms with Crippen LogP contribution in [-0.4, -0.2) is 15.8 Å². The Balaban J connectivity index is 0. The first-order valence-electron chi connectivity index (χ1n) is 1.33. The summed E-state index contributed by atoms with van der Waals surface area (Å²) < 4.78 is -1.26. The molecule has 0 aliphatic heterocycles. The van der Waals surface area contributed by atoms with E-state index < -0.39 is 3.79 Å². The normalized spacial score (nSPS) is 10.3. The average molecular weight is 166 g/mol. The molecule has 0 atom stereocenters. The van der Waals surface area contributed by atoms with Gasteiger partial charge in [-0.2, -0.15) is 0 Å². The van der Waals surface area contributed by atoms with E-state index in [0.717, 1.165) is 0 Å². The standard InChI is InChI=1S/C2H4Cl3N.H2O/c3-2(4,5)1-6;/h1,6H2;1H2. The van der Waals surface area contributed by atoms with Gasteiger partial charge in [-0.1, -0.05) is 34.8 Å². The van der Waals surface area contributed by atoms with E-state index in [1.54, 1.807) is 0 Å². The van der Waals surface area contributed by atoms with E-state index in [2.05, 4.69) is 0 Å². The Kier molecular flexibility index (Phi) is 5.74. The van der Waals surface area contributed by atoms with E-state index in [4.69, 9.17) is 40.5 Å². The van der Waals surface area contributed by atoms with Gasteiger partial charge >= 0.3 is 0 Å². The van der Waals surface area contributed by atoms with Crippen LogP contribution in [-0.2, 0) is 0 Å². The minimum Gasteiger partial charge on any atom is -0.412 e. The molecule has 4 N–H and O–H groups in total. The van der Waals surface area contributed by atoms with Crippen molar-refractivity contribution in [3.63, 3.8) is 0 Å². The number of hydrogen-bond donors (Lipinski definition) is 1. The molecule has 0 heterocycles. The van der Waals surface area contributed by atoms with Gasteiger partial charge in [0.25, 0.3) is 0 Å². The Morgan fingerprint density at radius 3 is 1.43 bits per heavy atom. The monoisotopic (exact) mass is 165 g/mol. The third-order valence-corrected chi connectivity index (χ3v) is 0.694. The summed E-state index contributed by atoms with van der Waals surface area (Å²) in [4.78, 5) is 0. The van der Waals surface area contributed by atoms with Crippen LogP contribution in [0.1, 0.15) is 0 Å². The van der Waals surface area contributed by atoms with Crippen molar-refractivity contribution in [2.75, 3.05) is 6.54 Å². The van der Waals surface area contributed by atoms with Crippen molar-refractivity contribution < 1.29 is 5.48 Å². The fraction of sp³-hybridized carbons (Fsp3) is 1.00. The van der Waals surface area contributed by atoms with Gasteiger partial charge in [0.15, 0.2) is 0 Å². The maximum Gasteiger partial charge on any atom is 0.202 e. The molecule has 0 aromatic carbocycles. The van der Waals surface area contributed by atoms with Crippen molar-refractivity contribution >= 4 is 34.8 Å². The molecule has 5 heteroatoms. The first kappa shape index (κ1) is 10.7. The lowest BCUT2D eigenvalue weighted by atomic mass is 10.8. The molecule has 0 saturated carbocycles. The molecule has 0 aromatic heterocycles. The second kappa shape index (κ2) is 3.75. The van der Waals surface area contributed by atoms with Crippen molar-refractivity contribution in [1.29, 1.82) is 0 Å². The Hall–Kier alpha value is 0.790. The van der Waals surface area contributed by atoms with Gasteiger partial charge in [-0.25, -0.2) is 0 Å². The molecular formula is C2H6Cl3NO. The summed E-state index contributed by atoms with van der Waals surface area (Å²) in [5.74, 6) is 0. The van der Waals surface area contributed by atoms with Gasteiger partial charge in [-0.05, 0) is 0 Å². The molecule has 0 aliphatic carbocycles. The van der Waals surface area contributed by atoms with E-state index in [1.807, 2.05) is 0 Å². The van der Waals surface area contributed by atoms with Gasteiger partial charge in [0.1, 0.15) is 0 Å². The summed E-state index contributed by atoms with van der Waals surface area (Å²) in [7, 11) is 0. The Labute approximate surface area is 56.8 Å². The molecule has 0 amide bonds. The van der Waals surface area contributed by atoms with E-state index in [9.17, 15) is 0 Å². The number of alkyl halides is 3. The van der Waals surface area contributed by atoms with Crippen LogP contribution < -0.4 is 5.73 Å². The molecule has 0 unspecified atom stereocenters. The first-order valence-corrected chi connectivity index (χ1v) is 2.46. The second-order valence-corrected chi connectivity index (χ2v) is 3.34. The lowest BCUT2D eigenvalue weighted by Gasteiger charge is -2.02. The molecule has 0 bridgehead atoms. The quantitative estimate of drug-likeness (QED) is 0.523. The summed E-state index contributed by atoms with van der Waals surface area (Å²) >= 11 is 15.4. The lowest BCUT2D eigenvalue weighted by molar-refractivity contribution is 0.824. The third kappa shape index (κ3) is 10.8. The predicted octanol–water partition coefficient (Wildman–Crippen LogP) is 0.491. The molecule has 0 aliphatic rings. The Morgan fingerprint density at radius 2 is 1.43 bits per heavy atom. The van der Waals surface area contributed by atoms with Crippen molar-refractivity contribution in [2.24, 2.45) is 5.73 Å². The molecule has 0 radical (unpaired) electrons. The van der Waals surface area contributed by atoms with Gasteiger partial charge in [-0.3, -0.25) is 0 Å². The molecule has 7 heavy (non-hydrogen) atoms. The van der Waals surface area contributed by atoms with Crippen LogP contribution in [0.5, 0.6) is 0 Å². The Morgan fingerprint density at radius 1 is 1.29 bits per heavy atom. The van der Waals surface area contributed by atoms with Gasteiger partial charge in [0.2, 0.25) is 3.79 Å². The summed E-state index contributed by atoms with van der Waals surface area (Å²) in [6.45, 7) is 0.0671. The number of halogens is 3. The molecule has 0 spiro atoms. The maximum absolute atomic E-state index is 5.12. The summed E-state index contributed by atoms with van der Waals surface area (Å²) in [6.07, 6.45) is 0. The van der Waals surface area contributed by atoms with E-state index in [0.29, 0.717) is 0 Å². The van der Waals surface area contributed by atoms with E-state index in [-0.39, 0.29) is 12.0 Å². The second-order valence-electron chi connectivity index (χ2n) is 0.819. The largest absolute Gasteiger partial charge is 0.412 e. The minimum absolute atomic E-state index is 0. The zero-order chi connectivity index (χ0) is 5.21. The van der Waals surface area contributed by atoms with Crippen LogP contribution in [0.4, 0.5) is 0 Å². The van der Waals surface area contributed by atoms with Crippen LogP contribution in [0.25, 0.3) is 0 Å². The number of rotatable bonds is 0. The average Bonchev–Trinajstić information content (AvgIpc) is 1.35. The van der Waals surface area contributed by atoms with E-state index in [1.165, 1.54) is 0 Å². The van der Waals surface area contributed by atoms with Crippen molar-refractivity contribution in [1.82, 2.24) is 0 Å². The highest BCUT2D eigenvalue weighted by atomic mass is 35.6. The summed E-state index contributed by atoms with van der Waals surface area (Å²) in [5, 5.41) is 0. The topological polar surface area (TPSA) is 57.5 Å². The van der Waals surface area contributed by atoms with Gasteiger partial charge < -0.3 is 11.2 Å². The molecule has 0 saturated heterocycles. The highest BCUT2D eigenvalue weighted by molar-refractivity contribution is 6.67. The molecule has 0 fully saturated rings. The number of nitrogens with two attached hydrogens (primary N) is 1. The van der Waals surface area contributed by atoms with Gasteiger partial charge in [0, 0.05) is 6.54 Å². The predicted molar refractivity (Wildman–Crippen MR) is 33.0 cm³/mol. The van der Waals surface area contributed by atoms with Crippen molar-refractivity contribution in [3.8, 4) is 0 Å². The minimum atomic E-state index is -1.26. The van der Waals surface area contributed by atoms with E-state index >= 15 is 0 Å². The van der Waals surface area contributed by atoms with Gasteiger partial charge in [-0.15, -0.1) is 0 Å². The zero-order valence-corrected chi connectivity index (χ0v) is 5.69. The van der Waals surface area contributed by atoms with Crippen molar-refractivity contribution in [3.05, 3.63) is 0 Å². The number of hydrogen-bond acceptors (Lipinski definition) is 1. The van der Waals surface area contributed by atoms with Crippen LogP contribution in [0, 0.1) is 0 Å². The van der Waals surface area contributed by atoms with Crippen molar-refractivity contribution in [2.45, 2.75) is 3.79 Å². The molecule has 0 aromatic rings. The fourth-order valence-electron chi connectivity index (χ4n) is 0. The smallest absolute Gasteiger partial charge is 0.202 e. The summed E-state index contributed by atoms with van der Waals surface area (Å²) in [5.41, 5.74) is 4.91. The van der Waals surface area contributed by atoms with Crippen LogP contribution in [0.15, 0.2) is 0 Å². The summed E-state index contributed by atoms with van der Waals surface area (Å²) in [6, 6.07) is 0.